The number of carboxylic acid groups (broad SMARTS) is 1. The zero-order chi connectivity index (χ0) is 16.5. The Balaban J connectivity index is 2.37. The highest BCUT2D eigenvalue weighted by Gasteiger charge is 2.18. The van der Waals surface area contributed by atoms with Crippen molar-refractivity contribution in [3.05, 3.63) is 35.9 Å². The summed E-state index contributed by atoms with van der Waals surface area (Å²) in [5, 5.41) is 14.0. The maximum absolute atomic E-state index is 11.8. The van der Waals surface area contributed by atoms with Crippen molar-refractivity contribution >= 4 is 17.8 Å². The fraction of sp³-hybridized carbons (Fsp3) is 0.438. The van der Waals surface area contributed by atoms with Gasteiger partial charge in [0.1, 0.15) is 6.04 Å². The van der Waals surface area contributed by atoms with Crippen molar-refractivity contribution in [2.45, 2.75) is 45.2 Å². The average molecular weight is 306 g/mol. The van der Waals surface area contributed by atoms with E-state index in [0.717, 1.165) is 5.56 Å². The number of benzene rings is 1. The number of amides is 2. The molecule has 2 atom stereocenters. The first-order valence-electron chi connectivity index (χ1n) is 7.30. The van der Waals surface area contributed by atoms with Crippen molar-refractivity contribution < 1.29 is 19.5 Å². The summed E-state index contributed by atoms with van der Waals surface area (Å²) in [5.41, 5.74) is 0.984. The molecule has 1 aromatic rings. The van der Waals surface area contributed by atoms with E-state index in [-0.39, 0.29) is 24.8 Å². The Morgan fingerprint density at radius 3 is 2.09 bits per heavy atom. The maximum atomic E-state index is 11.8. The molecule has 22 heavy (non-hydrogen) atoms. The highest BCUT2D eigenvalue weighted by molar-refractivity contribution is 5.86. The number of carbonyl (C=O) groups excluding carboxylic acids is 2. The first kappa shape index (κ1) is 17.7. The number of rotatable bonds is 8. The Labute approximate surface area is 129 Å². The summed E-state index contributed by atoms with van der Waals surface area (Å²) in [6.45, 7) is 3.54. The molecule has 6 nitrogen and oxygen atoms in total. The molecule has 6 heteroatoms. The lowest BCUT2D eigenvalue weighted by molar-refractivity contribution is -0.141. The van der Waals surface area contributed by atoms with Gasteiger partial charge in [-0.2, -0.15) is 0 Å². The monoisotopic (exact) mass is 306 g/mol. The first-order valence-corrected chi connectivity index (χ1v) is 7.30. The van der Waals surface area contributed by atoms with Crippen LogP contribution in [0.1, 0.15) is 44.7 Å². The normalized spacial score (nSPS) is 13.0. The van der Waals surface area contributed by atoms with Gasteiger partial charge in [-0.1, -0.05) is 37.3 Å². The Hall–Kier alpha value is -2.37. The van der Waals surface area contributed by atoms with E-state index in [9.17, 15) is 14.4 Å². The van der Waals surface area contributed by atoms with E-state index in [1.54, 1.807) is 6.92 Å². The van der Waals surface area contributed by atoms with Crippen LogP contribution in [0.4, 0.5) is 0 Å². The fourth-order valence-corrected chi connectivity index (χ4v) is 1.97. The van der Waals surface area contributed by atoms with E-state index in [4.69, 9.17) is 5.11 Å². The van der Waals surface area contributed by atoms with Gasteiger partial charge in [0.2, 0.25) is 11.8 Å². The Kier molecular flexibility index (Phi) is 7.08. The van der Waals surface area contributed by atoms with Gasteiger partial charge in [0.15, 0.2) is 0 Å². The third kappa shape index (κ3) is 5.95. The molecule has 0 unspecified atom stereocenters. The van der Waals surface area contributed by atoms with Gasteiger partial charge in [0.25, 0.3) is 0 Å². The fourth-order valence-electron chi connectivity index (χ4n) is 1.97. The molecule has 0 saturated carbocycles. The van der Waals surface area contributed by atoms with E-state index in [0.29, 0.717) is 6.42 Å². The maximum Gasteiger partial charge on any atom is 0.326 e. The highest BCUT2D eigenvalue weighted by atomic mass is 16.4. The third-order valence-corrected chi connectivity index (χ3v) is 3.30. The zero-order valence-corrected chi connectivity index (χ0v) is 12.8. The van der Waals surface area contributed by atoms with E-state index < -0.39 is 17.9 Å². The predicted molar refractivity (Wildman–Crippen MR) is 82.1 cm³/mol. The molecule has 120 valence electrons. The second-order valence-electron chi connectivity index (χ2n) is 5.07. The predicted octanol–water partition coefficient (Wildman–Crippen LogP) is 1.62. The van der Waals surface area contributed by atoms with Crippen LogP contribution in [-0.4, -0.2) is 28.9 Å². The van der Waals surface area contributed by atoms with E-state index >= 15 is 0 Å². The van der Waals surface area contributed by atoms with Crippen molar-refractivity contribution in [3.8, 4) is 0 Å². The quantitative estimate of drug-likeness (QED) is 0.680. The van der Waals surface area contributed by atoms with Crippen LogP contribution in [0, 0.1) is 0 Å². The smallest absolute Gasteiger partial charge is 0.326 e. The number of carbonyl (C=O) groups is 3. The molecule has 0 radical (unpaired) electrons. The molecule has 0 aliphatic heterocycles. The van der Waals surface area contributed by atoms with Crippen LogP contribution in [-0.2, 0) is 14.4 Å². The summed E-state index contributed by atoms with van der Waals surface area (Å²) in [6, 6.07) is 8.46. The van der Waals surface area contributed by atoms with Crippen LogP contribution in [0.3, 0.4) is 0 Å². The van der Waals surface area contributed by atoms with Gasteiger partial charge in [-0.25, -0.2) is 4.79 Å². The summed E-state index contributed by atoms with van der Waals surface area (Å²) in [7, 11) is 0. The molecule has 1 aromatic carbocycles. The van der Waals surface area contributed by atoms with Crippen molar-refractivity contribution in [2.75, 3.05) is 0 Å². The van der Waals surface area contributed by atoms with Gasteiger partial charge in [-0.15, -0.1) is 0 Å². The lowest BCUT2D eigenvalue weighted by Gasteiger charge is -2.15. The third-order valence-electron chi connectivity index (χ3n) is 3.30. The lowest BCUT2D eigenvalue weighted by Crippen LogP contribution is -2.40. The molecule has 0 spiro atoms. The molecule has 0 bridgehead atoms. The minimum absolute atomic E-state index is 0.0268. The van der Waals surface area contributed by atoms with Crippen molar-refractivity contribution in [3.63, 3.8) is 0 Å². The molecule has 0 fully saturated rings. The number of hydrogen-bond donors (Lipinski definition) is 3. The lowest BCUT2D eigenvalue weighted by atomic mass is 10.1. The van der Waals surface area contributed by atoms with Crippen molar-refractivity contribution in [1.29, 1.82) is 0 Å². The number of nitrogens with one attached hydrogen (secondary N) is 2. The number of aliphatic carboxylic acids is 1. The van der Waals surface area contributed by atoms with Crippen LogP contribution in [0.15, 0.2) is 30.3 Å². The molecule has 2 amide bonds. The molecule has 0 saturated heterocycles. The van der Waals surface area contributed by atoms with Crippen LogP contribution in [0.5, 0.6) is 0 Å². The molecule has 3 N–H and O–H groups in total. The van der Waals surface area contributed by atoms with Gasteiger partial charge >= 0.3 is 5.97 Å². The molecule has 0 heterocycles. The zero-order valence-electron chi connectivity index (χ0n) is 12.8. The van der Waals surface area contributed by atoms with Crippen LogP contribution in [0.25, 0.3) is 0 Å². The SMILES string of the molecule is CC[C@H](NC(=O)CCC(=O)N[C@H](C)c1ccccc1)C(=O)O. The Morgan fingerprint density at radius 2 is 1.59 bits per heavy atom. The molecule has 0 aromatic heterocycles. The molecular formula is C16H22N2O4. The van der Waals surface area contributed by atoms with Crippen LogP contribution >= 0.6 is 0 Å². The average Bonchev–Trinajstić information content (AvgIpc) is 2.51. The summed E-state index contributed by atoms with van der Waals surface area (Å²) in [6.07, 6.45) is 0.300. The van der Waals surface area contributed by atoms with Gasteiger partial charge < -0.3 is 15.7 Å². The topological polar surface area (TPSA) is 95.5 Å². The summed E-state index contributed by atoms with van der Waals surface area (Å²) >= 11 is 0. The second-order valence-corrected chi connectivity index (χ2v) is 5.07. The molecule has 1 rings (SSSR count). The van der Waals surface area contributed by atoms with Gasteiger partial charge in [-0.05, 0) is 18.9 Å². The molecular weight excluding hydrogens is 284 g/mol. The minimum Gasteiger partial charge on any atom is -0.480 e. The first-order chi connectivity index (χ1) is 10.4. The second kappa shape index (κ2) is 8.81. The minimum atomic E-state index is -1.07. The van der Waals surface area contributed by atoms with E-state index in [1.807, 2.05) is 37.3 Å². The Bertz CT molecular complexity index is 516. The number of hydrogen-bond acceptors (Lipinski definition) is 3. The highest BCUT2D eigenvalue weighted by Crippen LogP contribution is 2.11. The van der Waals surface area contributed by atoms with Crippen LogP contribution in [0.2, 0.25) is 0 Å². The summed E-state index contributed by atoms with van der Waals surface area (Å²) in [5.74, 6) is -1.75. The van der Waals surface area contributed by atoms with Gasteiger partial charge in [0, 0.05) is 12.8 Å². The van der Waals surface area contributed by atoms with Gasteiger partial charge in [-0.3, -0.25) is 9.59 Å². The molecule has 0 aliphatic rings. The molecule has 0 aliphatic carbocycles. The van der Waals surface area contributed by atoms with Crippen molar-refractivity contribution in [2.24, 2.45) is 0 Å². The van der Waals surface area contributed by atoms with E-state index in [2.05, 4.69) is 10.6 Å². The number of carboxylic acids is 1. The largest absolute Gasteiger partial charge is 0.480 e. The van der Waals surface area contributed by atoms with Crippen LogP contribution < -0.4 is 10.6 Å². The standard InChI is InChI=1S/C16H22N2O4/c1-3-13(16(21)22)18-15(20)10-9-14(19)17-11(2)12-7-5-4-6-8-12/h4-8,11,13H,3,9-10H2,1-2H3,(H,17,19)(H,18,20)(H,21,22)/t11-,13+/m1/s1. The van der Waals surface area contributed by atoms with Gasteiger partial charge in [0.05, 0.1) is 6.04 Å². The summed E-state index contributed by atoms with van der Waals surface area (Å²) in [4.78, 5) is 34.2. The van der Waals surface area contributed by atoms with E-state index in [1.165, 1.54) is 0 Å². The van der Waals surface area contributed by atoms with Crippen molar-refractivity contribution in [1.82, 2.24) is 10.6 Å². The Morgan fingerprint density at radius 1 is 1.05 bits per heavy atom. The summed E-state index contributed by atoms with van der Waals surface area (Å²) < 4.78 is 0.